The maximum absolute atomic E-state index is 12.3. The van der Waals surface area contributed by atoms with Crippen molar-refractivity contribution < 1.29 is 14.4 Å². The van der Waals surface area contributed by atoms with E-state index in [0.717, 1.165) is 19.3 Å². The summed E-state index contributed by atoms with van der Waals surface area (Å²) in [6.07, 6.45) is 7.08. The maximum Gasteiger partial charge on any atom is 0.279 e. The number of carbonyl (C=O) groups is 3. The molecule has 2 aliphatic rings. The van der Waals surface area contributed by atoms with Gasteiger partial charge in [-0.25, -0.2) is 4.98 Å². The molecule has 0 unspecified atom stereocenters. The van der Waals surface area contributed by atoms with Crippen molar-refractivity contribution in [2.75, 3.05) is 11.4 Å². The van der Waals surface area contributed by atoms with Gasteiger partial charge in [-0.3, -0.25) is 30.1 Å². The van der Waals surface area contributed by atoms with E-state index in [-0.39, 0.29) is 24.1 Å². The molecule has 0 radical (unpaired) electrons. The molecular formula is C19H22N4O3S2. The van der Waals surface area contributed by atoms with Gasteiger partial charge in [-0.1, -0.05) is 6.42 Å². The van der Waals surface area contributed by atoms with E-state index in [1.807, 2.05) is 6.07 Å². The van der Waals surface area contributed by atoms with E-state index in [1.165, 1.54) is 52.4 Å². The first-order valence-electron chi connectivity index (χ1n) is 9.55. The van der Waals surface area contributed by atoms with Gasteiger partial charge in [-0.05, 0) is 43.7 Å². The number of hydrogen-bond acceptors (Lipinski definition) is 6. The number of nitrogens with one attached hydrogen (secondary N) is 2. The summed E-state index contributed by atoms with van der Waals surface area (Å²) in [5.74, 6) is -0.545. The number of anilines is 1. The number of thiazole rings is 1. The highest BCUT2D eigenvalue weighted by atomic mass is 32.1. The van der Waals surface area contributed by atoms with Gasteiger partial charge < -0.3 is 0 Å². The lowest BCUT2D eigenvalue weighted by molar-refractivity contribution is -0.121. The number of hydrazine groups is 1. The van der Waals surface area contributed by atoms with Crippen LogP contribution in [0.1, 0.15) is 57.9 Å². The molecular weight excluding hydrogens is 396 g/mol. The summed E-state index contributed by atoms with van der Waals surface area (Å²) in [5, 5.41) is 2.41. The molecule has 7 nitrogen and oxygen atoms in total. The Morgan fingerprint density at radius 1 is 1.11 bits per heavy atom. The van der Waals surface area contributed by atoms with Crippen LogP contribution in [0.5, 0.6) is 0 Å². The van der Waals surface area contributed by atoms with Crippen LogP contribution in [0.3, 0.4) is 0 Å². The predicted octanol–water partition coefficient (Wildman–Crippen LogP) is 2.60. The van der Waals surface area contributed by atoms with Crippen molar-refractivity contribution in [3.8, 4) is 0 Å². The van der Waals surface area contributed by atoms with Gasteiger partial charge in [0.15, 0.2) is 5.13 Å². The highest BCUT2D eigenvalue weighted by Gasteiger charge is 2.24. The fourth-order valence-electron chi connectivity index (χ4n) is 3.53. The SMILES string of the molecule is O=C(Cc1csc(N2CCCC2=O)n1)NNC(=O)c1cc2c(s1)CCCCC2. The highest BCUT2D eigenvalue weighted by molar-refractivity contribution is 7.14. The second kappa shape index (κ2) is 8.40. The smallest absolute Gasteiger partial charge is 0.279 e. The van der Waals surface area contributed by atoms with Crippen molar-refractivity contribution in [1.29, 1.82) is 0 Å². The molecule has 0 aromatic carbocycles. The molecule has 2 aromatic heterocycles. The molecule has 4 rings (SSSR count). The van der Waals surface area contributed by atoms with Crippen molar-refractivity contribution in [3.05, 3.63) is 32.5 Å². The lowest BCUT2D eigenvalue weighted by Gasteiger charge is -2.10. The minimum absolute atomic E-state index is 0.0553. The molecule has 0 spiro atoms. The van der Waals surface area contributed by atoms with Crippen LogP contribution in [0.2, 0.25) is 0 Å². The summed E-state index contributed by atoms with van der Waals surface area (Å²) in [4.78, 5) is 44.2. The third kappa shape index (κ3) is 4.25. The number of amides is 3. The minimum Gasteiger partial charge on any atom is -0.288 e. The van der Waals surface area contributed by atoms with Crippen LogP contribution in [0, 0.1) is 0 Å². The number of nitrogens with zero attached hydrogens (tertiary/aromatic N) is 2. The zero-order valence-electron chi connectivity index (χ0n) is 15.5. The van der Waals surface area contributed by atoms with Crippen LogP contribution >= 0.6 is 22.7 Å². The van der Waals surface area contributed by atoms with E-state index >= 15 is 0 Å². The van der Waals surface area contributed by atoms with E-state index in [0.29, 0.717) is 28.7 Å². The largest absolute Gasteiger partial charge is 0.288 e. The van der Waals surface area contributed by atoms with Crippen LogP contribution in [-0.2, 0) is 28.9 Å². The van der Waals surface area contributed by atoms with Crippen molar-refractivity contribution in [2.24, 2.45) is 0 Å². The molecule has 148 valence electrons. The van der Waals surface area contributed by atoms with Crippen LogP contribution in [0.25, 0.3) is 0 Å². The Morgan fingerprint density at radius 2 is 1.96 bits per heavy atom. The first kappa shape index (κ1) is 19.1. The lowest BCUT2D eigenvalue weighted by atomic mass is 10.1. The standard InChI is InChI=1S/C19H22N4O3S2/c24-16(10-13-11-27-19(20-13)23-8-4-7-17(23)25)21-22-18(26)15-9-12-5-2-1-3-6-14(12)28-15/h9,11H,1-8,10H2,(H,21,24)(H,22,26). The summed E-state index contributed by atoms with van der Waals surface area (Å²) in [5.41, 5.74) is 6.82. The van der Waals surface area contributed by atoms with Crippen molar-refractivity contribution >= 4 is 45.5 Å². The number of rotatable bonds is 4. The molecule has 2 N–H and O–H groups in total. The van der Waals surface area contributed by atoms with Crippen LogP contribution in [0.15, 0.2) is 11.4 Å². The van der Waals surface area contributed by atoms with Crippen molar-refractivity contribution in [3.63, 3.8) is 0 Å². The van der Waals surface area contributed by atoms with Gasteiger partial charge in [0.2, 0.25) is 11.8 Å². The minimum atomic E-state index is -0.337. The normalized spacial score (nSPS) is 16.6. The van der Waals surface area contributed by atoms with Gasteiger partial charge in [0.05, 0.1) is 17.0 Å². The van der Waals surface area contributed by atoms with Gasteiger partial charge in [-0.15, -0.1) is 22.7 Å². The Bertz CT molecular complexity index is 881. The van der Waals surface area contributed by atoms with E-state index in [9.17, 15) is 14.4 Å². The van der Waals surface area contributed by atoms with Crippen LogP contribution < -0.4 is 15.8 Å². The molecule has 2 aromatic rings. The number of fused-ring (bicyclic) bond motifs is 1. The van der Waals surface area contributed by atoms with Crippen molar-refractivity contribution in [2.45, 2.75) is 51.4 Å². The monoisotopic (exact) mass is 418 g/mol. The number of carbonyl (C=O) groups excluding carboxylic acids is 3. The summed E-state index contributed by atoms with van der Waals surface area (Å²) < 4.78 is 0. The molecule has 3 heterocycles. The molecule has 0 atom stereocenters. The van der Waals surface area contributed by atoms with E-state index < -0.39 is 0 Å². The Hall–Kier alpha value is -2.26. The molecule has 1 fully saturated rings. The average molecular weight is 419 g/mol. The van der Waals surface area contributed by atoms with Crippen LogP contribution in [0.4, 0.5) is 5.13 Å². The third-order valence-electron chi connectivity index (χ3n) is 4.97. The zero-order chi connectivity index (χ0) is 19.5. The fourth-order valence-corrected chi connectivity index (χ4v) is 5.54. The number of aromatic nitrogens is 1. The number of hydrogen-bond donors (Lipinski definition) is 2. The summed E-state index contributed by atoms with van der Waals surface area (Å²) in [6.45, 7) is 0.679. The van der Waals surface area contributed by atoms with Gasteiger partial charge in [0.25, 0.3) is 5.91 Å². The van der Waals surface area contributed by atoms with Gasteiger partial charge in [-0.2, -0.15) is 0 Å². The van der Waals surface area contributed by atoms with E-state index in [1.54, 1.807) is 10.3 Å². The molecule has 1 saturated heterocycles. The molecule has 1 aliphatic carbocycles. The quantitative estimate of drug-likeness (QED) is 0.590. The van der Waals surface area contributed by atoms with Gasteiger partial charge in [0.1, 0.15) is 0 Å². The molecule has 3 amide bonds. The topological polar surface area (TPSA) is 91.4 Å². The molecule has 28 heavy (non-hydrogen) atoms. The second-order valence-corrected chi connectivity index (χ2v) is 9.04. The lowest BCUT2D eigenvalue weighted by Crippen LogP contribution is -2.42. The third-order valence-corrected chi connectivity index (χ3v) is 7.12. The number of aryl methyl sites for hydroxylation is 2. The first-order chi connectivity index (χ1) is 13.6. The van der Waals surface area contributed by atoms with Crippen molar-refractivity contribution in [1.82, 2.24) is 15.8 Å². The van der Waals surface area contributed by atoms with Crippen LogP contribution in [-0.4, -0.2) is 29.3 Å². The van der Waals surface area contributed by atoms with Gasteiger partial charge in [0, 0.05) is 23.2 Å². The first-order valence-corrected chi connectivity index (χ1v) is 11.3. The molecule has 0 bridgehead atoms. The second-order valence-electron chi connectivity index (χ2n) is 7.07. The average Bonchev–Trinajstić information content (AvgIpc) is 3.37. The fraction of sp³-hybridized carbons (Fsp3) is 0.474. The Kier molecular flexibility index (Phi) is 5.72. The molecule has 9 heteroatoms. The molecule has 0 saturated carbocycles. The van der Waals surface area contributed by atoms with E-state index in [4.69, 9.17) is 0 Å². The summed E-state index contributed by atoms with van der Waals surface area (Å²) in [6, 6.07) is 1.95. The predicted molar refractivity (Wildman–Crippen MR) is 109 cm³/mol. The van der Waals surface area contributed by atoms with E-state index in [2.05, 4.69) is 15.8 Å². The zero-order valence-corrected chi connectivity index (χ0v) is 17.1. The summed E-state index contributed by atoms with van der Waals surface area (Å²) >= 11 is 2.88. The Balaban J connectivity index is 1.29. The van der Waals surface area contributed by atoms with Gasteiger partial charge >= 0.3 is 0 Å². The summed E-state index contributed by atoms with van der Waals surface area (Å²) in [7, 11) is 0. The maximum atomic E-state index is 12.3. The Labute approximate surface area is 171 Å². The highest BCUT2D eigenvalue weighted by Crippen LogP contribution is 2.29. The molecule has 1 aliphatic heterocycles. The Morgan fingerprint density at radius 3 is 2.79 bits per heavy atom. The number of thiophene rings is 1.